The number of hydrogen-bond donors (Lipinski definition) is 0. The molecule has 0 fully saturated rings. The number of aliphatic imine (C=N–C) groups is 1. The largest absolute Gasteiger partial charge is 0.284 e. The van der Waals surface area contributed by atoms with E-state index in [4.69, 9.17) is 4.99 Å². The van der Waals surface area contributed by atoms with E-state index in [1.807, 2.05) is 33.5 Å². The first-order valence-corrected chi connectivity index (χ1v) is 15.3. The van der Waals surface area contributed by atoms with Crippen LogP contribution in [0.25, 0.3) is 15.8 Å². The molecule has 28 heavy (non-hydrogen) atoms. The molecule has 3 aromatic rings. The van der Waals surface area contributed by atoms with E-state index in [0.29, 0.717) is 0 Å². The van der Waals surface area contributed by atoms with Crippen molar-refractivity contribution in [2.24, 2.45) is 4.99 Å². The van der Waals surface area contributed by atoms with Gasteiger partial charge in [0.15, 0.2) is 0 Å². The number of hydrogen-bond acceptors (Lipinski definition) is 4. The molecule has 0 amide bonds. The summed E-state index contributed by atoms with van der Waals surface area (Å²) in [6.07, 6.45) is 8.20. The van der Waals surface area contributed by atoms with E-state index in [0.717, 1.165) is 30.7 Å². The van der Waals surface area contributed by atoms with E-state index >= 15 is 0 Å². The highest BCUT2D eigenvalue weighted by atomic mass is 127. The van der Waals surface area contributed by atoms with E-state index in [9.17, 15) is 0 Å². The van der Waals surface area contributed by atoms with Gasteiger partial charge in [0.2, 0.25) is 0 Å². The van der Waals surface area contributed by atoms with Crippen LogP contribution in [-0.4, -0.2) is 27.1 Å². The Morgan fingerprint density at radius 2 is 1.75 bits per heavy atom. The molecule has 0 bridgehead atoms. The zero-order valence-corrected chi connectivity index (χ0v) is 23.2. The minimum absolute atomic E-state index is 0.903. The van der Waals surface area contributed by atoms with Crippen LogP contribution >= 0.6 is 83.8 Å². The van der Waals surface area contributed by atoms with Gasteiger partial charge < -0.3 is 0 Å². The number of rotatable bonds is 3. The summed E-state index contributed by atoms with van der Waals surface area (Å²) in [4.78, 5) is 16.8. The Morgan fingerprint density at radius 3 is 2.43 bits per heavy atom. The summed E-state index contributed by atoms with van der Waals surface area (Å²) >= 11 is 11.4. The van der Waals surface area contributed by atoms with Crippen LogP contribution in [0, 0.1) is 0 Å². The lowest BCUT2D eigenvalue weighted by Gasteiger charge is -2.15. The SMILES string of the molecule is Brc1ccc(-c2ccc(/C=C3\CCCN=C3c3cccnc3)s2)s1.CI.CI. The first kappa shape index (κ1) is 24.2. The molecule has 2 nitrogen and oxygen atoms in total. The summed E-state index contributed by atoms with van der Waals surface area (Å²) in [5.74, 6) is 0. The molecule has 4 heterocycles. The molecule has 0 saturated heterocycles. The fourth-order valence-corrected chi connectivity index (χ4v) is 5.23. The molecule has 0 radical (unpaired) electrons. The number of aromatic nitrogens is 1. The molecule has 3 aromatic heterocycles. The maximum Gasteiger partial charge on any atom is 0.0705 e. The number of halogens is 3. The van der Waals surface area contributed by atoms with Gasteiger partial charge in [0, 0.05) is 39.1 Å². The maximum absolute atomic E-state index is 4.75. The van der Waals surface area contributed by atoms with E-state index in [-0.39, 0.29) is 0 Å². The number of alkyl halides is 2. The van der Waals surface area contributed by atoms with Crippen LogP contribution in [0.1, 0.15) is 23.3 Å². The molecule has 1 aliphatic rings. The topological polar surface area (TPSA) is 25.2 Å². The Hall–Kier alpha value is -0.1000. The zero-order chi connectivity index (χ0) is 20.4. The predicted octanol–water partition coefficient (Wildman–Crippen LogP) is 8.40. The van der Waals surface area contributed by atoms with Crippen LogP contribution in [0.5, 0.6) is 0 Å². The Bertz CT molecular complexity index is 917. The van der Waals surface area contributed by atoms with E-state index in [1.165, 1.54) is 24.0 Å². The van der Waals surface area contributed by atoms with Gasteiger partial charge >= 0.3 is 0 Å². The molecule has 0 spiro atoms. The summed E-state index contributed by atoms with van der Waals surface area (Å²) in [7, 11) is 0. The van der Waals surface area contributed by atoms with E-state index < -0.39 is 0 Å². The molecule has 0 N–H and O–H groups in total. The van der Waals surface area contributed by atoms with Gasteiger partial charge in [-0.2, -0.15) is 0 Å². The third-order valence-electron chi connectivity index (χ3n) is 3.87. The van der Waals surface area contributed by atoms with Crippen LogP contribution in [0.15, 0.2) is 63.1 Å². The van der Waals surface area contributed by atoms with Crippen molar-refractivity contribution in [1.29, 1.82) is 0 Å². The summed E-state index contributed by atoms with van der Waals surface area (Å²) in [5, 5.41) is 0. The van der Waals surface area contributed by atoms with Gasteiger partial charge in [0.05, 0.1) is 9.50 Å². The normalized spacial score (nSPS) is 14.5. The minimum Gasteiger partial charge on any atom is -0.284 e. The van der Waals surface area contributed by atoms with E-state index in [1.54, 1.807) is 17.5 Å². The summed E-state index contributed by atoms with van der Waals surface area (Å²) in [6, 6.07) is 12.7. The quantitative estimate of drug-likeness (QED) is 0.199. The van der Waals surface area contributed by atoms with Crippen LogP contribution in [-0.2, 0) is 0 Å². The van der Waals surface area contributed by atoms with Crippen molar-refractivity contribution in [3.8, 4) is 9.75 Å². The molecule has 148 valence electrons. The molecule has 1 aliphatic heterocycles. The highest BCUT2D eigenvalue weighted by Gasteiger charge is 2.15. The van der Waals surface area contributed by atoms with Gasteiger partial charge in [-0.15, -0.1) is 22.7 Å². The molecular formula is C21H21BrI2N2S2. The summed E-state index contributed by atoms with van der Waals surface area (Å²) < 4.78 is 1.17. The Labute approximate surface area is 211 Å². The highest BCUT2D eigenvalue weighted by molar-refractivity contribution is 14.1. The standard InChI is InChI=1S/C19H15BrN2S2.2CH3I/c20-18-8-7-17(24-18)16-6-5-15(23-16)11-13-3-2-10-22-19(13)14-4-1-9-21-12-14;2*1-2/h1,4-9,11-12H,2-3,10H2;2*1H3/b13-11+;;. The molecule has 0 aliphatic carbocycles. The van der Waals surface area contributed by atoms with Gasteiger partial charge in [-0.25, -0.2) is 0 Å². The molecule has 0 atom stereocenters. The fraction of sp³-hybridized carbons (Fsp3) is 0.238. The molecular weight excluding hydrogens is 678 g/mol. The average molecular weight is 699 g/mol. The van der Waals surface area contributed by atoms with Gasteiger partial charge in [0.25, 0.3) is 0 Å². The smallest absolute Gasteiger partial charge is 0.0705 e. The van der Waals surface area contributed by atoms with Crippen LogP contribution in [0.2, 0.25) is 0 Å². The van der Waals surface area contributed by atoms with Gasteiger partial charge in [-0.1, -0.05) is 45.2 Å². The summed E-state index contributed by atoms with van der Waals surface area (Å²) in [5.41, 5.74) is 3.53. The van der Waals surface area contributed by atoms with Crippen molar-refractivity contribution >= 4 is 95.6 Å². The second kappa shape index (κ2) is 13.3. The lowest BCUT2D eigenvalue weighted by molar-refractivity contribution is 0.818. The third kappa shape index (κ3) is 6.72. The Balaban J connectivity index is 0.000000660. The predicted molar refractivity (Wildman–Crippen MR) is 148 cm³/mol. The van der Waals surface area contributed by atoms with Crippen LogP contribution < -0.4 is 0 Å². The molecule has 7 heteroatoms. The third-order valence-corrected chi connectivity index (χ3v) is 6.72. The molecule has 4 rings (SSSR count). The van der Waals surface area contributed by atoms with Gasteiger partial charge in [-0.3, -0.25) is 9.98 Å². The molecule has 0 saturated carbocycles. The second-order valence-electron chi connectivity index (χ2n) is 5.55. The van der Waals surface area contributed by atoms with Crippen molar-refractivity contribution in [2.45, 2.75) is 12.8 Å². The first-order valence-electron chi connectivity index (χ1n) is 8.56. The lowest BCUT2D eigenvalue weighted by atomic mass is 9.96. The number of allylic oxidation sites excluding steroid dienone is 1. The van der Waals surface area contributed by atoms with Crippen LogP contribution in [0.4, 0.5) is 0 Å². The molecule has 0 unspecified atom stereocenters. The van der Waals surface area contributed by atoms with Crippen LogP contribution in [0.3, 0.4) is 0 Å². The summed E-state index contributed by atoms with van der Waals surface area (Å²) in [6.45, 7) is 0.903. The number of nitrogens with zero attached hydrogens (tertiary/aromatic N) is 2. The first-order chi connectivity index (χ1) is 13.8. The van der Waals surface area contributed by atoms with Gasteiger partial charge in [0.1, 0.15) is 0 Å². The Kier molecular flexibility index (Phi) is 11.4. The number of thiophene rings is 2. The highest BCUT2D eigenvalue weighted by Crippen LogP contribution is 2.36. The monoisotopic (exact) mass is 698 g/mol. The van der Waals surface area contributed by atoms with Crippen molar-refractivity contribution in [2.75, 3.05) is 16.4 Å². The van der Waals surface area contributed by atoms with Crippen molar-refractivity contribution in [3.05, 3.63) is 68.6 Å². The van der Waals surface area contributed by atoms with Crippen molar-refractivity contribution < 1.29 is 0 Å². The Morgan fingerprint density at radius 1 is 1.00 bits per heavy atom. The maximum atomic E-state index is 4.75. The second-order valence-corrected chi connectivity index (χ2v) is 9.13. The molecule has 0 aromatic carbocycles. The minimum atomic E-state index is 0.903. The fourth-order valence-electron chi connectivity index (χ4n) is 2.78. The van der Waals surface area contributed by atoms with E-state index in [2.05, 4.69) is 103 Å². The van der Waals surface area contributed by atoms with Crippen molar-refractivity contribution in [3.63, 3.8) is 0 Å². The zero-order valence-electron chi connectivity index (χ0n) is 15.7. The van der Waals surface area contributed by atoms with Gasteiger partial charge in [-0.05, 0) is 86.7 Å². The average Bonchev–Trinajstić information content (AvgIpc) is 3.41. The van der Waals surface area contributed by atoms with Crippen molar-refractivity contribution in [1.82, 2.24) is 4.98 Å². The number of pyridine rings is 1. The lowest BCUT2D eigenvalue weighted by Crippen LogP contribution is -2.11.